The first-order valence-electron chi connectivity index (χ1n) is 8.89. The minimum atomic E-state index is 0.0769. The summed E-state index contributed by atoms with van der Waals surface area (Å²) in [5, 5.41) is 8.80. The Labute approximate surface area is 148 Å². The number of morpholine rings is 1. The molecule has 1 aromatic carbocycles. The van der Waals surface area contributed by atoms with Crippen LogP contribution in [0.5, 0.6) is 5.75 Å². The molecule has 6 heteroatoms. The van der Waals surface area contributed by atoms with Gasteiger partial charge in [-0.2, -0.15) is 5.26 Å². The van der Waals surface area contributed by atoms with E-state index in [4.69, 9.17) is 14.7 Å². The van der Waals surface area contributed by atoms with Gasteiger partial charge in [-0.3, -0.25) is 9.69 Å². The lowest BCUT2D eigenvalue weighted by atomic mass is 9.96. The Bertz CT molecular complexity index is 620. The molecule has 2 fully saturated rings. The van der Waals surface area contributed by atoms with Gasteiger partial charge in [-0.25, -0.2) is 0 Å². The van der Waals surface area contributed by atoms with Gasteiger partial charge in [0.05, 0.1) is 30.8 Å². The number of ether oxygens (including phenoxy) is 2. The van der Waals surface area contributed by atoms with E-state index in [1.54, 1.807) is 12.1 Å². The van der Waals surface area contributed by atoms with Crippen molar-refractivity contribution < 1.29 is 14.3 Å². The minimum absolute atomic E-state index is 0.0769. The van der Waals surface area contributed by atoms with Crippen LogP contribution in [0.25, 0.3) is 0 Å². The lowest BCUT2D eigenvalue weighted by Crippen LogP contribution is -2.45. The molecule has 2 saturated heterocycles. The maximum absolute atomic E-state index is 12.7. The Hall–Kier alpha value is -2.10. The number of likely N-dealkylation sites (tertiary alicyclic amines) is 1. The lowest BCUT2D eigenvalue weighted by Gasteiger charge is -2.30. The Morgan fingerprint density at radius 2 is 2.00 bits per heavy atom. The van der Waals surface area contributed by atoms with Gasteiger partial charge in [-0.1, -0.05) is 6.92 Å². The van der Waals surface area contributed by atoms with E-state index in [0.717, 1.165) is 25.4 Å². The van der Waals surface area contributed by atoms with Gasteiger partial charge in [0.15, 0.2) is 0 Å². The van der Waals surface area contributed by atoms with E-state index in [9.17, 15) is 4.79 Å². The third-order valence-corrected chi connectivity index (χ3v) is 4.99. The molecule has 1 aromatic rings. The fraction of sp³-hybridized carbons (Fsp3) is 0.579. The maximum atomic E-state index is 12.7. The quantitative estimate of drug-likeness (QED) is 0.808. The van der Waals surface area contributed by atoms with Crippen LogP contribution in [0.1, 0.15) is 12.5 Å². The molecule has 0 spiro atoms. The largest absolute Gasteiger partial charge is 0.492 e. The van der Waals surface area contributed by atoms with Crippen molar-refractivity contribution in [3.8, 4) is 11.8 Å². The number of nitrogens with zero attached hydrogens (tertiary/aromatic N) is 3. The third kappa shape index (κ3) is 4.50. The summed E-state index contributed by atoms with van der Waals surface area (Å²) >= 11 is 0. The highest BCUT2D eigenvalue weighted by Gasteiger charge is 2.37. The van der Waals surface area contributed by atoms with Gasteiger partial charge in [0, 0.05) is 32.7 Å². The molecule has 0 unspecified atom stereocenters. The van der Waals surface area contributed by atoms with Crippen LogP contribution in [0.3, 0.4) is 0 Å². The summed E-state index contributed by atoms with van der Waals surface area (Å²) in [5.74, 6) is 1.48. The first kappa shape index (κ1) is 17.7. The van der Waals surface area contributed by atoms with Crippen molar-refractivity contribution in [2.75, 3.05) is 52.5 Å². The number of hydrogen-bond acceptors (Lipinski definition) is 5. The van der Waals surface area contributed by atoms with Crippen LogP contribution in [0.15, 0.2) is 24.3 Å². The zero-order valence-electron chi connectivity index (χ0n) is 14.7. The number of nitriles is 1. The minimum Gasteiger partial charge on any atom is -0.492 e. The number of carbonyl (C=O) groups is 1. The lowest BCUT2D eigenvalue weighted by molar-refractivity contribution is -0.140. The van der Waals surface area contributed by atoms with Crippen LogP contribution in [0.4, 0.5) is 0 Å². The van der Waals surface area contributed by atoms with Crippen molar-refractivity contribution in [3.63, 3.8) is 0 Å². The summed E-state index contributed by atoms with van der Waals surface area (Å²) in [6, 6.07) is 9.23. The smallest absolute Gasteiger partial charge is 0.227 e. The molecule has 0 N–H and O–H groups in total. The van der Waals surface area contributed by atoms with E-state index in [-0.39, 0.29) is 11.8 Å². The Balaban J connectivity index is 1.44. The molecule has 2 aliphatic rings. The molecule has 134 valence electrons. The van der Waals surface area contributed by atoms with Crippen molar-refractivity contribution in [1.29, 1.82) is 5.26 Å². The van der Waals surface area contributed by atoms with E-state index >= 15 is 0 Å². The van der Waals surface area contributed by atoms with Crippen LogP contribution in [-0.4, -0.2) is 68.3 Å². The van der Waals surface area contributed by atoms with Crippen molar-refractivity contribution in [2.24, 2.45) is 11.8 Å². The third-order valence-electron chi connectivity index (χ3n) is 4.99. The van der Waals surface area contributed by atoms with Gasteiger partial charge in [0.2, 0.25) is 5.91 Å². The molecule has 1 amide bonds. The topological polar surface area (TPSA) is 65.8 Å². The molecular weight excluding hydrogens is 318 g/mol. The average Bonchev–Trinajstić information content (AvgIpc) is 3.03. The summed E-state index contributed by atoms with van der Waals surface area (Å²) in [6.45, 7) is 7.99. The van der Waals surface area contributed by atoms with Crippen LogP contribution in [-0.2, 0) is 9.53 Å². The normalized spacial score (nSPS) is 24.1. The van der Waals surface area contributed by atoms with Crippen molar-refractivity contribution in [1.82, 2.24) is 9.80 Å². The maximum Gasteiger partial charge on any atom is 0.227 e. The van der Waals surface area contributed by atoms with Crippen LogP contribution >= 0.6 is 0 Å². The Morgan fingerprint density at radius 3 is 2.68 bits per heavy atom. The fourth-order valence-electron chi connectivity index (χ4n) is 3.51. The van der Waals surface area contributed by atoms with E-state index in [1.165, 1.54) is 0 Å². The number of benzene rings is 1. The number of rotatable bonds is 5. The second-order valence-electron chi connectivity index (χ2n) is 6.77. The molecule has 2 aliphatic heterocycles. The highest BCUT2D eigenvalue weighted by Crippen LogP contribution is 2.25. The molecule has 2 atom stereocenters. The summed E-state index contributed by atoms with van der Waals surface area (Å²) < 4.78 is 11.1. The highest BCUT2D eigenvalue weighted by atomic mass is 16.5. The van der Waals surface area contributed by atoms with Crippen molar-refractivity contribution in [2.45, 2.75) is 6.92 Å². The van der Waals surface area contributed by atoms with E-state index < -0.39 is 0 Å². The Morgan fingerprint density at radius 1 is 1.28 bits per heavy atom. The van der Waals surface area contributed by atoms with E-state index in [0.29, 0.717) is 44.4 Å². The standard InChI is InChI=1S/C19H25N3O3/c1-15-13-21(6-11-25-17-4-2-16(12-20)3-5-17)14-18(15)19(23)22-7-9-24-10-8-22/h2-5,15,18H,6-11,13-14H2,1H3/t15-,18-/m1/s1. The van der Waals surface area contributed by atoms with Crippen LogP contribution in [0, 0.1) is 23.2 Å². The first-order valence-corrected chi connectivity index (χ1v) is 8.89. The molecule has 0 aromatic heterocycles. The summed E-state index contributed by atoms with van der Waals surface area (Å²) in [4.78, 5) is 16.9. The SMILES string of the molecule is C[C@@H]1CN(CCOc2ccc(C#N)cc2)C[C@H]1C(=O)N1CCOCC1. The van der Waals surface area contributed by atoms with Crippen molar-refractivity contribution >= 4 is 5.91 Å². The molecule has 3 rings (SSSR count). The van der Waals surface area contributed by atoms with Gasteiger partial charge >= 0.3 is 0 Å². The first-order chi connectivity index (χ1) is 12.2. The number of amides is 1. The van der Waals surface area contributed by atoms with Crippen LogP contribution < -0.4 is 4.74 Å². The average molecular weight is 343 g/mol. The van der Waals surface area contributed by atoms with Crippen LogP contribution in [0.2, 0.25) is 0 Å². The second kappa shape index (κ2) is 8.32. The molecule has 0 bridgehead atoms. The second-order valence-corrected chi connectivity index (χ2v) is 6.77. The summed E-state index contributed by atoms with van der Waals surface area (Å²) in [6.07, 6.45) is 0. The monoisotopic (exact) mass is 343 g/mol. The summed E-state index contributed by atoms with van der Waals surface area (Å²) in [7, 11) is 0. The van der Waals surface area contributed by atoms with Crippen molar-refractivity contribution in [3.05, 3.63) is 29.8 Å². The van der Waals surface area contributed by atoms with Gasteiger partial charge < -0.3 is 14.4 Å². The molecule has 2 heterocycles. The zero-order valence-corrected chi connectivity index (χ0v) is 14.7. The number of hydrogen-bond donors (Lipinski definition) is 0. The molecule has 25 heavy (non-hydrogen) atoms. The van der Waals surface area contributed by atoms with E-state index in [1.807, 2.05) is 17.0 Å². The molecule has 0 saturated carbocycles. The fourth-order valence-corrected chi connectivity index (χ4v) is 3.51. The highest BCUT2D eigenvalue weighted by molar-refractivity contribution is 5.79. The molecule has 0 radical (unpaired) electrons. The van der Waals surface area contributed by atoms with E-state index in [2.05, 4.69) is 17.9 Å². The van der Waals surface area contributed by atoms with Gasteiger partial charge in [-0.15, -0.1) is 0 Å². The Kier molecular flexibility index (Phi) is 5.90. The predicted octanol–water partition coefficient (Wildman–Crippen LogP) is 1.36. The molecule has 6 nitrogen and oxygen atoms in total. The van der Waals surface area contributed by atoms with Gasteiger partial charge in [0.25, 0.3) is 0 Å². The van der Waals surface area contributed by atoms with Gasteiger partial charge in [-0.05, 0) is 30.2 Å². The predicted molar refractivity (Wildman–Crippen MR) is 93.1 cm³/mol. The molecular formula is C19H25N3O3. The summed E-state index contributed by atoms with van der Waals surface area (Å²) in [5.41, 5.74) is 0.630. The molecule has 0 aliphatic carbocycles. The van der Waals surface area contributed by atoms with Gasteiger partial charge in [0.1, 0.15) is 12.4 Å². The zero-order chi connectivity index (χ0) is 17.6. The number of carbonyl (C=O) groups excluding carboxylic acids is 1.